The van der Waals surface area contributed by atoms with Crippen molar-refractivity contribution in [1.82, 2.24) is 0 Å². The second kappa shape index (κ2) is 8.10. The molecule has 76 valence electrons. The zero-order chi connectivity index (χ0) is 10.1. The molecule has 0 radical (unpaired) electrons. The second-order valence-electron chi connectivity index (χ2n) is 3.66. The molecule has 0 aliphatic heterocycles. The van der Waals surface area contributed by atoms with Gasteiger partial charge in [-0.15, -0.1) is 0 Å². The number of allylic oxidation sites excluding steroid dienone is 4. The summed E-state index contributed by atoms with van der Waals surface area (Å²) in [6.07, 6.45) is 10.9. The molecule has 0 spiro atoms. The molecule has 0 unspecified atom stereocenters. The van der Waals surface area contributed by atoms with Crippen LogP contribution in [0.1, 0.15) is 59.8 Å². The summed E-state index contributed by atoms with van der Waals surface area (Å²) in [6.45, 7) is 8.82. The molecule has 13 heavy (non-hydrogen) atoms. The topological polar surface area (TPSA) is 0 Å². The van der Waals surface area contributed by atoms with Gasteiger partial charge in [0.15, 0.2) is 0 Å². The molecule has 0 amide bonds. The fourth-order valence-electron chi connectivity index (χ4n) is 1.25. The summed E-state index contributed by atoms with van der Waals surface area (Å²) < 4.78 is 0. The molecular formula is C13H24. The van der Waals surface area contributed by atoms with Crippen molar-refractivity contribution in [1.29, 1.82) is 0 Å². The first-order valence-corrected chi connectivity index (χ1v) is 5.54. The summed E-state index contributed by atoms with van der Waals surface area (Å²) in [6, 6.07) is 0. The standard InChI is InChI=1S/C13H24/c1-5-8-9-13(7-3)11-10-12(4)6-2/h6,11H,5,7-10H2,1-4H3. The Balaban J connectivity index is 3.91. The SMILES string of the molecule is CC=C(C)CC=C(CC)CCCC. The maximum Gasteiger partial charge on any atom is -0.0139 e. The molecule has 0 saturated carbocycles. The first-order valence-electron chi connectivity index (χ1n) is 5.54. The minimum absolute atomic E-state index is 1.14. The van der Waals surface area contributed by atoms with Gasteiger partial charge in [0.05, 0.1) is 0 Å². The van der Waals surface area contributed by atoms with Crippen LogP contribution in [0.15, 0.2) is 23.3 Å². The molecule has 0 saturated heterocycles. The van der Waals surface area contributed by atoms with Crippen LogP contribution in [-0.4, -0.2) is 0 Å². The van der Waals surface area contributed by atoms with Crippen LogP contribution in [0.4, 0.5) is 0 Å². The van der Waals surface area contributed by atoms with Crippen molar-refractivity contribution in [3.63, 3.8) is 0 Å². The van der Waals surface area contributed by atoms with Gasteiger partial charge in [-0.05, 0) is 39.5 Å². The first kappa shape index (κ1) is 12.5. The van der Waals surface area contributed by atoms with Crippen molar-refractivity contribution in [2.75, 3.05) is 0 Å². The van der Waals surface area contributed by atoms with E-state index in [0.717, 1.165) is 6.42 Å². The van der Waals surface area contributed by atoms with E-state index in [0.29, 0.717) is 0 Å². The van der Waals surface area contributed by atoms with Crippen LogP contribution in [0.25, 0.3) is 0 Å². The van der Waals surface area contributed by atoms with E-state index in [1.165, 1.54) is 31.3 Å². The highest BCUT2D eigenvalue weighted by molar-refractivity contribution is 5.09. The highest BCUT2D eigenvalue weighted by Gasteiger charge is 1.93. The van der Waals surface area contributed by atoms with Gasteiger partial charge in [0, 0.05) is 0 Å². The Kier molecular flexibility index (Phi) is 7.77. The summed E-state index contributed by atoms with van der Waals surface area (Å²) in [7, 11) is 0. The summed E-state index contributed by atoms with van der Waals surface area (Å²) in [5, 5.41) is 0. The molecule has 0 aliphatic carbocycles. The van der Waals surface area contributed by atoms with Gasteiger partial charge in [-0.2, -0.15) is 0 Å². The van der Waals surface area contributed by atoms with Crippen LogP contribution < -0.4 is 0 Å². The third-order valence-electron chi connectivity index (χ3n) is 2.51. The minimum atomic E-state index is 1.14. The Morgan fingerprint density at radius 3 is 2.38 bits per heavy atom. The van der Waals surface area contributed by atoms with E-state index in [9.17, 15) is 0 Å². The van der Waals surface area contributed by atoms with E-state index in [-0.39, 0.29) is 0 Å². The van der Waals surface area contributed by atoms with Gasteiger partial charge >= 0.3 is 0 Å². The van der Waals surface area contributed by atoms with Gasteiger partial charge in [-0.1, -0.05) is 43.6 Å². The summed E-state index contributed by atoms with van der Waals surface area (Å²) in [5.41, 5.74) is 3.10. The normalized spacial score (nSPS) is 13.5. The monoisotopic (exact) mass is 180 g/mol. The van der Waals surface area contributed by atoms with Crippen LogP contribution in [-0.2, 0) is 0 Å². The number of rotatable bonds is 6. The van der Waals surface area contributed by atoms with E-state index in [1.807, 2.05) is 0 Å². The van der Waals surface area contributed by atoms with Gasteiger partial charge in [-0.25, -0.2) is 0 Å². The lowest BCUT2D eigenvalue weighted by molar-refractivity contribution is 0.762. The van der Waals surface area contributed by atoms with E-state index in [1.54, 1.807) is 5.57 Å². The Morgan fingerprint density at radius 1 is 1.23 bits per heavy atom. The molecule has 0 heteroatoms. The third kappa shape index (κ3) is 6.62. The maximum absolute atomic E-state index is 2.41. The molecule has 0 rings (SSSR count). The molecule has 0 aromatic rings. The van der Waals surface area contributed by atoms with Crippen LogP contribution in [0.3, 0.4) is 0 Å². The molecular weight excluding hydrogens is 156 g/mol. The Morgan fingerprint density at radius 2 is 1.92 bits per heavy atom. The van der Waals surface area contributed by atoms with Gasteiger partial charge in [-0.3, -0.25) is 0 Å². The smallest absolute Gasteiger partial charge is 0.0139 e. The quantitative estimate of drug-likeness (QED) is 0.512. The van der Waals surface area contributed by atoms with Gasteiger partial charge in [0.25, 0.3) is 0 Å². The number of unbranched alkanes of at least 4 members (excludes halogenated alkanes) is 1. The lowest BCUT2D eigenvalue weighted by atomic mass is 10.0. The first-order chi connectivity index (χ1) is 6.24. The van der Waals surface area contributed by atoms with E-state index in [2.05, 4.69) is 39.8 Å². The van der Waals surface area contributed by atoms with Gasteiger partial charge in [0.1, 0.15) is 0 Å². The average molecular weight is 180 g/mol. The van der Waals surface area contributed by atoms with Crippen LogP contribution >= 0.6 is 0 Å². The molecule has 0 atom stereocenters. The second-order valence-corrected chi connectivity index (χ2v) is 3.66. The Bertz CT molecular complexity index is 172. The molecule has 0 fully saturated rings. The zero-order valence-corrected chi connectivity index (χ0v) is 9.69. The van der Waals surface area contributed by atoms with Gasteiger partial charge < -0.3 is 0 Å². The lowest BCUT2D eigenvalue weighted by Gasteiger charge is -2.03. The van der Waals surface area contributed by atoms with Crippen molar-refractivity contribution in [3.8, 4) is 0 Å². The van der Waals surface area contributed by atoms with Crippen molar-refractivity contribution < 1.29 is 0 Å². The third-order valence-corrected chi connectivity index (χ3v) is 2.51. The fourth-order valence-corrected chi connectivity index (χ4v) is 1.25. The zero-order valence-electron chi connectivity index (χ0n) is 9.69. The van der Waals surface area contributed by atoms with Gasteiger partial charge in [0.2, 0.25) is 0 Å². The van der Waals surface area contributed by atoms with Crippen molar-refractivity contribution in [2.45, 2.75) is 59.8 Å². The number of hydrogen-bond acceptors (Lipinski definition) is 0. The maximum atomic E-state index is 2.41. The van der Waals surface area contributed by atoms with Crippen LogP contribution in [0.2, 0.25) is 0 Å². The highest BCUT2D eigenvalue weighted by Crippen LogP contribution is 2.13. The number of hydrogen-bond donors (Lipinski definition) is 0. The minimum Gasteiger partial charge on any atom is -0.0884 e. The predicted molar refractivity (Wildman–Crippen MR) is 61.9 cm³/mol. The molecule has 0 N–H and O–H groups in total. The van der Waals surface area contributed by atoms with Crippen LogP contribution in [0, 0.1) is 0 Å². The molecule has 0 bridgehead atoms. The average Bonchev–Trinajstić information content (AvgIpc) is 2.17. The largest absolute Gasteiger partial charge is 0.0884 e. The molecule has 0 nitrogen and oxygen atoms in total. The Hall–Kier alpha value is -0.520. The molecule has 0 aromatic heterocycles. The summed E-state index contributed by atoms with van der Waals surface area (Å²) >= 11 is 0. The highest BCUT2D eigenvalue weighted by atomic mass is 14.0. The van der Waals surface area contributed by atoms with E-state index < -0.39 is 0 Å². The molecule has 0 aliphatic rings. The fraction of sp³-hybridized carbons (Fsp3) is 0.692. The van der Waals surface area contributed by atoms with Crippen molar-refractivity contribution in [2.24, 2.45) is 0 Å². The van der Waals surface area contributed by atoms with Crippen molar-refractivity contribution in [3.05, 3.63) is 23.3 Å². The van der Waals surface area contributed by atoms with E-state index in [4.69, 9.17) is 0 Å². The van der Waals surface area contributed by atoms with Crippen LogP contribution in [0.5, 0.6) is 0 Å². The molecule has 0 heterocycles. The summed E-state index contributed by atoms with van der Waals surface area (Å²) in [5.74, 6) is 0. The van der Waals surface area contributed by atoms with Crippen molar-refractivity contribution >= 4 is 0 Å². The lowest BCUT2D eigenvalue weighted by Crippen LogP contribution is -1.83. The molecule has 0 aromatic carbocycles. The van der Waals surface area contributed by atoms with E-state index >= 15 is 0 Å². The Labute approximate surface area is 83.7 Å². The predicted octanol–water partition coefficient (Wildman–Crippen LogP) is 4.87. The summed E-state index contributed by atoms with van der Waals surface area (Å²) in [4.78, 5) is 0.